The normalized spacial score (nSPS) is 19.1. The largest absolute Gasteiger partial charge is 0.497 e. The van der Waals surface area contributed by atoms with E-state index in [0.29, 0.717) is 13.0 Å². The van der Waals surface area contributed by atoms with Gasteiger partial charge in [0, 0.05) is 12.0 Å². The van der Waals surface area contributed by atoms with Crippen LogP contribution in [0.5, 0.6) is 11.5 Å². The number of hydrogen-bond acceptors (Lipinski definition) is 7. The fourth-order valence-electron chi connectivity index (χ4n) is 5.84. The first-order valence-corrected chi connectivity index (χ1v) is 13.4. The van der Waals surface area contributed by atoms with E-state index in [0.717, 1.165) is 45.8 Å². The van der Waals surface area contributed by atoms with Gasteiger partial charge < -0.3 is 23.9 Å². The summed E-state index contributed by atoms with van der Waals surface area (Å²) in [5.74, 6) is 1.46. The van der Waals surface area contributed by atoms with Gasteiger partial charge in [0.15, 0.2) is 5.65 Å². The molecule has 5 aromatic rings. The summed E-state index contributed by atoms with van der Waals surface area (Å²) in [6, 6.07) is 26.2. The maximum absolute atomic E-state index is 11.2. The molecule has 3 aromatic carbocycles. The van der Waals surface area contributed by atoms with Gasteiger partial charge in [-0.05, 0) is 53.8 Å². The Kier molecular flexibility index (Phi) is 7.19. The Morgan fingerprint density at radius 2 is 1.45 bits per heavy atom. The Morgan fingerprint density at radius 3 is 2.08 bits per heavy atom. The molecule has 0 amide bonds. The number of aromatic nitrogens is 4. The van der Waals surface area contributed by atoms with E-state index in [2.05, 4.69) is 31.7 Å². The smallest absolute Gasteiger partial charge is 0.163 e. The Labute approximate surface area is 233 Å². The number of nitrogens with zero attached hydrogens (tertiary/aromatic N) is 4. The first-order chi connectivity index (χ1) is 19.6. The molecule has 204 valence electrons. The topological polar surface area (TPSA) is 91.5 Å². The Bertz CT molecular complexity index is 1510. The van der Waals surface area contributed by atoms with E-state index in [4.69, 9.17) is 14.2 Å². The number of rotatable bonds is 9. The van der Waals surface area contributed by atoms with Crippen molar-refractivity contribution in [2.45, 2.75) is 30.6 Å². The van der Waals surface area contributed by atoms with Gasteiger partial charge in [-0.15, -0.1) is 0 Å². The van der Waals surface area contributed by atoms with E-state index in [1.165, 1.54) is 6.33 Å². The van der Waals surface area contributed by atoms with Crippen molar-refractivity contribution < 1.29 is 19.3 Å². The summed E-state index contributed by atoms with van der Waals surface area (Å²) in [6.45, 7) is 0.353. The van der Waals surface area contributed by atoms with Crippen LogP contribution in [0.3, 0.4) is 0 Å². The lowest BCUT2D eigenvalue weighted by Gasteiger charge is -2.37. The van der Waals surface area contributed by atoms with Gasteiger partial charge in [-0.3, -0.25) is 0 Å². The molecule has 8 heteroatoms. The molecule has 1 aliphatic carbocycles. The molecule has 3 atom stereocenters. The molecule has 1 saturated carbocycles. The summed E-state index contributed by atoms with van der Waals surface area (Å²) < 4.78 is 20.0. The van der Waals surface area contributed by atoms with Gasteiger partial charge in [0.1, 0.15) is 28.9 Å². The fraction of sp³-hybridized carbons (Fsp3) is 0.281. The Morgan fingerprint density at radius 1 is 0.825 bits per heavy atom. The molecule has 0 bridgehead atoms. The van der Waals surface area contributed by atoms with Gasteiger partial charge in [-0.1, -0.05) is 54.6 Å². The molecule has 0 saturated heterocycles. The zero-order valence-corrected chi connectivity index (χ0v) is 22.6. The maximum atomic E-state index is 11.2. The molecular weight excluding hydrogens is 504 g/mol. The number of methoxy groups -OCH3 is 2. The Hall–Kier alpha value is -4.27. The number of hydrogen-bond donors (Lipinski definition) is 1. The summed E-state index contributed by atoms with van der Waals surface area (Å²) in [4.78, 5) is 12.9. The van der Waals surface area contributed by atoms with Crippen LogP contribution in [0.1, 0.15) is 35.6 Å². The summed E-state index contributed by atoms with van der Waals surface area (Å²) in [6.07, 6.45) is 5.86. The first-order valence-electron chi connectivity index (χ1n) is 13.4. The van der Waals surface area contributed by atoms with Crippen LogP contribution in [0.15, 0.2) is 97.7 Å². The number of fused-ring (bicyclic) bond motifs is 1. The van der Waals surface area contributed by atoms with Gasteiger partial charge in [0.25, 0.3) is 0 Å². The van der Waals surface area contributed by atoms with Crippen molar-refractivity contribution in [1.29, 1.82) is 0 Å². The van der Waals surface area contributed by atoms with Crippen LogP contribution in [0.2, 0.25) is 0 Å². The molecule has 2 heterocycles. The van der Waals surface area contributed by atoms with E-state index in [9.17, 15) is 5.11 Å². The van der Waals surface area contributed by atoms with Gasteiger partial charge in [0.2, 0.25) is 0 Å². The average Bonchev–Trinajstić information content (AvgIpc) is 3.61. The first kappa shape index (κ1) is 26.0. The van der Waals surface area contributed by atoms with Crippen molar-refractivity contribution in [2.75, 3.05) is 20.8 Å². The third-order valence-electron chi connectivity index (χ3n) is 7.95. The molecule has 6 rings (SSSR count). The number of aliphatic hydroxyl groups excluding tert-OH is 1. The van der Waals surface area contributed by atoms with Gasteiger partial charge in [0.05, 0.1) is 39.5 Å². The highest BCUT2D eigenvalue weighted by atomic mass is 16.5. The molecule has 1 N–H and O–H groups in total. The lowest BCUT2D eigenvalue weighted by atomic mass is 9.80. The molecule has 2 aromatic heterocycles. The SMILES string of the molecule is COc1ccc(C(OC[C@H]2C[C@@H](n3cnc4cncnc43)C[C@@H]2O)(c2ccccc2)c2ccc(OC)cc2)cc1. The summed E-state index contributed by atoms with van der Waals surface area (Å²) >= 11 is 0. The van der Waals surface area contributed by atoms with E-state index in [-0.39, 0.29) is 12.0 Å². The zero-order chi connectivity index (χ0) is 27.5. The Balaban J connectivity index is 1.37. The standard InChI is InChI=1S/C32H32N4O4/c1-38-27-12-8-24(9-13-27)32(23-6-4-3-5-7-23,25-10-14-28(39-2)15-11-25)40-19-22-16-26(17-30(22)37)36-21-35-29-18-33-20-34-31(29)36/h3-15,18,20-22,26,30,37H,16-17,19H2,1-2H3/t22-,26-,30+/m1/s1. The van der Waals surface area contributed by atoms with Crippen LogP contribution in [0.25, 0.3) is 11.2 Å². The number of benzene rings is 3. The second-order valence-corrected chi connectivity index (χ2v) is 10.2. The van der Waals surface area contributed by atoms with Crippen LogP contribution >= 0.6 is 0 Å². The highest BCUT2D eigenvalue weighted by molar-refractivity contribution is 5.69. The highest BCUT2D eigenvalue weighted by Gasteiger charge is 2.41. The molecule has 0 spiro atoms. The minimum Gasteiger partial charge on any atom is -0.497 e. The predicted molar refractivity (Wildman–Crippen MR) is 151 cm³/mol. The number of imidazole rings is 1. The molecule has 8 nitrogen and oxygen atoms in total. The van der Waals surface area contributed by atoms with Crippen molar-refractivity contribution in [3.8, 4) is 11.5 Å². The van der Waals surface area contributed by atoms with E-state index >= 15 is 0 Å². The highest BCUT2D eigenvalue weighted by Crippen LogP contribution is 2.44. The quantitative estimate of drug-likeness (QED) is 0.260. The number of aliphatic hydroxyl groups is 1. The van der Waals surface area contributed by atoms with Crippen LogP contribution in [-0.4, -0.2) is 51.6 Å². The fourth-order valence-corrected chi connectivity index (χ4v) is 5.84. The van der Waals surface area contributed by atoms with Crippen molar-refractivity contribution in [3.63, 3.8) is 0 Å². The minimum absolute atomic E-state index is 0.0663. The molecule has 40 heavy (non-hydrogen) atoms. The molecular formula is C32H32N4O4. The maximum Gasteiger partial charge on any atom is 0.163 e. The predicted octanol–water partition coefficient (Wildman–Crippen LogP) is 5.16. The van der Waals surface area contributed by atoms with Crippen molar-refractivity contribution >= 4 is 11.2 Å². The summed E-state index contributed by atoms with van der Waals surface area (Å²) in [5.41, 5.74) is 3.53. The number of ether oxygens (including phenoxy) is 3. The molecule has 0 unspecified atom stereocenters. The lowest BCUT2D eigenvalue weighted by Crippen LogP contribution is -2.35. The molecule has 0 radical (unpaired) electrons. The molecule has 1 fully saturated rings. The third-order valence-corrected chi connectivity index (χ3v) is 7.95. The van der Waals surface area contributed by atoms with Gasteiger partial charge >= 0.3 is 0 Å². The van der Waals surface area contributed by atoms with Crippen LogP contribution in [0, 0.1) is 5.92 Å². The zero-order valence-electron chi connectivity index (χ0n) is 22.6. The van der Waals surface area contributed by atoms with Crippen LogP contribution in [0.4, 0.5) is 0 Å². The summed E-state index contributed by atoms with van der Waals surface area (Å²) in [5, 5.41) is 11.2. The van der Waals surface area contributed by atoms with Crippen LogP contribution in [-0.2, 0) is 10.3 Å². The minimum atomic E-state index is -0.924. The summed E-state index contributed by atoms with van der Waals surface area (Å²) in [7, 11) is 3.32. The third kappa shape index (κ3) is 4.69. The van der Waals surface area contributed by atoms with E-state index < -0.39 is 11.7 Å². The second kappa shape index (κ2) is 11.1. The van der Waals surface area contributed by atoms with Crippen LogP contribution < -0.4 is 9.47 Å². The van der Waals surface area contributed by atoms with E-state index in [1.54, 1.807) is 26.7 Å². The van der Waals surface area contributed by atoms with Crippen molar-refractivity contribution in [3.05, 3.63) is 114 Å². The van der Waals surface area contributed by atoms with Crippen molar-refractivity contribution in [2.24, 2.45) is 5.92 Å². The van der Waals surface area contributed by atoms with E-state index in [1.807, 2.05) is 66.7 Å². The monoisotopic (exact) mass is 536 g/mol. The van der Waals surface area contributed by atoms with Gasteiger partial charge in [-0.2, -0.15) is 0 Å². The average molecular weight is 537 g/mol. The van der Waals surface area contributed by atoms with Crippen molar-refractivity contribution in [1.82, 2.24) is 19.5 Å². The lowest BCUT2D eigenvalue weighted by molar-refractivity contribution is -0.0296. The second-order valence-electron chi connectivity index (χ2n) is 10.2. The van der Waals surface area contributed by atoms with Gasteiger partial charge in [-0.25, -0.2) is 15.0 Å². The molecule has 1 aliphatic rings. The molecule has 0 aliphatic heterocycles.